The van der Waals surface area contributed by atoms with E-state index in [4.69, 9.17) is 19.4 Å². The number of alkyl halides is 3. The molecule has 0 unspecified atom stereocenters. The second-order valence-electron chi connectivity index (χ2n) is 6.90. The van der Waals surface area contributed by atoms with Crippen molar-refractivity contribution in [1.29, 1.82) is 0 Å². The quantitative estimate of drug-likeness (QED) is 0.584. The highest BCUT2D eigenvalue weighted by Gasteiger charge is 2.38. The lowest BCUT2D eigenvalue weighted by Gasteiger charge is -2.30. The number of carbonyl (C=O) groups is 3. The van der Waals surface area contributed by atoms with Gasteiger partial charge in [-0.15, -0.1) is 0 Å². The Morgan fingerprint density at radius 3 is 1.83 bits per heavy atom. The van der Waals surface area contributed by atoms with Crippen LogP contribution in [0.15, 0.2) is 0 Å². The first-order chi connectivity index (χ1) is 13.4. The average Bonchev–Trinajstić information content (AvgIpc) is 3.06. The smallest absolute Gasteiger partial charge is 0.475 e. The van der Waals surface area contributed by atoms with Crippen LogP contribution in [0.25, 0.3) is 0 Å². The number of hydrogen-bond donors (Lipinski definition) is 1. The van der Waals surface area contributed by atoms with E-state index in [1.807, 2.05) is 7.05 Å². The standard InChI is InChI=1S/C17H21NO4.C2HF3O2/c1-10(19)21-16-14-6-4-5-12(14)13-7-8-18(3)9-15(13)17(16)22-11(2)20;3-2(4,5)1(6)7/h4-9H2,1-3H3;(H,6,7). The molecule has 1 aromatic carbocycles. The van der Waals surface area contributed by atoms with E-state index < -0.39 is 12.1 Å². The Kier molecular flexibility index (Phi) is 6.89. The molecule has 0 bridgehead atoms. The fraction of sp³-hybridized carbons (Fsp3) is 0.526. The maximum Gasteiger partial charge on any atom is 0.490 e. The number of fused-ring (bicyclic) bond motifs is 3. The number of carbonyl (C=O) groups excluding carboxylic acids is 2. The van der Waals surface area contributed by atoms with Gasteiger partial charge in [-0.1, -0.05) is 0 Å². The molecule has 0 radical (unpaired) electrons. The van der Waals surface area contributed by atoms with Crippen LogP contribution >= 0.6 is 0 Å². The summed E-state index contributed by atoms with van der Waals surface area (Å²) < 4.78 is 42.7. The number of esters is 2. The minimum absolute atomic E-state index is 0.383. The molecule has 29 heavy (non-hydrogen) atoms. The number of aliphatic carboxylic acids is 1. The van der Waals surface area contributed by atoms with Gasteiger partial charge in [-0.3, -0.25) is 9.59 Å². The Bertz CT molecular complexity index is 834. The number of nitrogens with zero attached hydrogens (tertiary/aromatic N) is 1. The zero-order valence-electron chi connectivity index (χ0n) is 16.3. The highest BCUT2D eigenvalue weighted by Crippen LogP contribution is 2.46. The van der Waals surface area contributed by atoms with Crippen LogP contribution in [0.4, 0.5) is 13.2 Å². The molecular weight excluding hydrogens is 395 g/mol. The van der Waals surface area contributed by atoms with Crippen LogP contribution in [0.2, 0.25) is 0 Å². The summed E-state index contributed by atoms with van der Waals surface area (Å²) in [5.41, 5.74) is 4.64. The fourth-order valence-corrected chi connectivity index (χ4v) is 3.54. The molecule has 2 aliphatic rings. The van der Waals surface area contributed by atoms with Gasteiger partial charge in [-0.25, -0.2) is 4.79 Å². The predicted octanol–water partition coefficient (Wildman–Crippen LogP) is 2.65. The van der Waals surface area contributed by atoms with Gasteiger partial charge in [-0.05, 0) is 43.9 Å². The fourth-order valence-electron chi connectivity index (χ4n) is 3.54. The summed E-state index contributed by atoms with van der Waals surface area (Å²) in [4.78, 5) is 34.1. The summed E-state index contributed by atoms with van der Waals surface area (Å²) >= 11 is 0. The van der Waals surface area contributed by atoms with E-state index >= 15 is 0 Å². The number of likely N-dealkylation sites (N-methyl/N-ethyl adjacent to an activating group) is 1. The highest BCUT2D eigenvalue weighted by atomic mass is 19.4. The Balaban J connectivity index is 0.000000370. The van der Waals surface area contributed by atoms with Gasteiger partial charge >= 0.3 is 24.1 Å². The predicted molar refractivity (Wildman–Crippen MR) is 94.8 cm³/mol. The van der Waals surface area contributed by atoms with E-state index in [9.17, 15) is 22.8 Å². The SMILES string of the molecule is CC(=O)Oc1c2c(c3c(c1OC(C)=O)CN(C)CC3)CCC2.O=C(O)C(F)(F)F. The molecular formula is C19H22F3NO6. The normalized spacial score (nSPS) is 15.5. The lowest BCUT2D eigenvalue weighted by Crippen LogP contribution is -2.28. The van der Waals surface area contributed by atoms with Crippen molar-refractivity contribution < 1.29 is 42.1 Å². The van der Waals surface area contributed by atoms with Gasteiger partial charge in [-0.2, -0.15) is 13.2 Å². The number of rotatable bonds is 2. The van der Waals surface area contributed by atoms with Crippen LogP contribution in [0.1, 0.15) is 42.5 Å². The van der Waals surface area contributed by atoms with E-state index in [2.05, 4.69) is 4.90 Å². The van der Waals surface area contributed by atoms with E-state index in [1.165, 1.54) is 25.0 Å². The molecule has 0 atom stereocenters. The largest absolute Gasteiger partial charge is 0.490 e. The van der Waals surface area contributed by atoms with Crippen molar-refractivity contribution in [1.82, 2.24) is 4.90 Å². The lowest BCUT2D eigenvalue weighted by molar-refractivity contribution is -0.192. The first kappa shape index (κ1) is 22.7. The summed E-state index contributed by atoms with van der Waals surface area (Å²) in [6.07, 6.45) is -1.20. The molecule has 0 saturated heterocycles. The van der Waals surface area contributed by atoms with Gasteiger partial charge < -0.3 is 19.5 Å². The van der Waals surface area contributed by atoms with Crippen molar-refractivity contribution in [3.63, 3.8) is 0 Å². The summed E-state index contributed by atoms with van der Waals surface area (Å²) in [6.45, 7) is 4.46. The first-order valence-electron chi connectivity index (χ1n) is 8.96. The van der Waals surface area contributed by atoms with Crippen LogP contribution in [0, 0.1) is 0 Å². The second-order valence-corrected chi connectivity index (χ2v) is 6.90. The van der Waals surface area contributed by atoms with Crippen molar-refractivity contribution in [3.05, 3.63) is 22.3 Å². The molecule has 1 aromatic rings. The second kappa shape index (κ2) is 8.81. The van der Waals surface area contributed by atoms with Crippen LogP contribution in [-0.4, -0.2) is 47.7 Å². The number of ether oxygens (including phenoxy) is 2. The van der Waals surface area contributed by atoms with Crippen molar-refractivity contribution in [2.24, 2.45) is 0 Å². The molecule has 1 N–H and O–H groups in total. The van der Waals surface area contributed by atoms with Crippen molar-refractivity contribution in [2.45, 2.75) is 52.3 Å². The molecule has 0 aromatic heterocycles. The maximum atomic E-state index is 11.5. The van der Waals surface area contributed by atoms with Crippen molar-refractivity contribution in [2.75, 3.05) is 13.6 Å². The first-order valence-corrected chi connectivity index (χ1v) is 8.96. The number of benzene rings is 1. The minimum atomic E-state index is -5.08. The van der Waals surface area contributed by atoms with Crippen molar-refractivity contribution >= 4 is 17.9 Å². The van der Waals surface area contributed by atoms with Crippen LogP contribution in [0.5, 0.6) is 11.5 Å². The van der Waals surface area contributed by atoms with Crippen LogP contribution in [-0.2, 0) is 40.2 Å². The average molecular weight is 417 g/mol. The Morgan fingerprint density at radius 1 is 0.897 bits per heavy atom. The van der Waals surface area contributed by atoms with E-state index in [0.717, 1.165) is 43.4 Å². The summed E-state index contributed by atoms with van der Waals surface area (Å²) in [6, 6.07) is 0. The molecule has 0 saturated carbocycles. The molecule has 10 heteroatoms. The molecule has 160 valence electrons. The number of hydrogen-bond acceptors (Lipinski definition) is 6. The van der Waals surface area contributed by atoms with Gasteiger partial charge in [0.05, 0.1) is 0 Å². The maximum absolute atomic E-state index is 11.5. The summed E-state index contributed by atoms with van der Waals surface area (Å²) in [7, 11) is 2.04. The Hall–Kier alpha value is -2.62. The highest BCUT2D eigenvalue weighted by molar-refractivity contribution is 5.77. The third kappa shape index (κ3) is 5.47. The molecule has 3 rings (SSSR count). The van der Waals surface area contributed by atoms with E-state index in [1.54, 1.807) is 0 Å². The van der Waals surface area contributed by atoms with Gasteiger partial charge in [0, 0.05) is 38.1 Å². The molecule has 0 amide bonds. The van der Waals surface area contributed by atoms with Gasteiger partial charge in [0.2, 0.25) is 0 Å². The third-order valence-electron chi connectivity index (χ3n) is 4.61. The molecule has 0 spiro atoms. The van der Waals surface area contributed by atoms with Gasteiger partial charge in [0.1, 0.15) is 0 Å². The molecule has 7 nitrogen and oxygen atoms in total. The lowest BCUT2D eigenvalue weighted by atomic mass is 9.90. The number of halogens is 3. The Morgan fingerprint density at radius 2 is 1.34 bits per heavy atom. The monoisotopic (exact) mass is 417 g/mol. The zero-order valence-corrected chi connectivity index (χ0v) is 16.3. The minimum Gasteiger partial charge on any atom is -0.475 e. The zero-order chi connectivity index (χ0) is 21.9. The molecule has 1 heterocycles. The summed E-state index contributed by atoms with van der Waals surface area (Å²) in [5.74, 6) is -2.62. The summed E-state index contributed by atoms with van der Waals surface area (Å²) in [5, 5.41) is 7.12. The van der Waals surface area contributed by atoms with Gasteiger partial charge in [0.15, 0.2) is 11.5 Å². The van der Waals surface area contributed by atoms with Crippen molar-refractivity contribution in [3.8, 4) is 11.5 Å². The van der Waals surface area contributed by atoms with Crippen LogP contribution in [0.3, 0.4) is 0 Å². The third-order valence-corrected chi connectivity index (χ3v) is 4.61. The van der Waals surface area contributed by atoms with E-state index in [-0.39, 0.29) is 11.9 Å². The van der Waals surface area contributed by atoms with E-state index in [0.29, 0.717) is 18.0 Å². The van der Waals surface area contributed by atoms with Gasteiger partial charge in [0.25, 0.3) is 0 Å². The molecule has 1 aliphatic carbocycles. The van der Waals surface area contributed by atoms with Crippen LogP contribution < -0.4 is 9.47 Å². The molecule has 0 fully saturated rings. The topological polar surface area (TPSA) is 93.1 Å². The Labute approximate surface area is 165 Å². The molecule has 1 aliphatic heterocycles. The number of carboxylic acids is 1. The number of carboxylic acid groups (broad SMARTS) is 1.